The minimum absolute atomic E-state index is 0.111. The number of pyridine rings is 2. The summed E-state index contributed by atoms with van der Waals surface area (Å²) < 4.78 is 21.3. The maximum absolute atomic E-state index is 15.7. The number of aromatic nitrogens is 2. The SMILES string of the molecule is CCOc1ncccc1-c1ncc(C2(C(=O)N[C@@H](C)CN(C)C)CCN(c3ccc(Cl)cc3C#N)CC2)cc1F. The zero-order chi connectivity index (χ0) is 28.9. The van der Waals surface area contributed by atoms with E-state index in [0.717, 1.165) is 5.69 Å². The van der Waals surface area contributed by atoms with E-state index in [1.54, 1.807) is 36.7 Å². The van der Waals surface area contributed by atoms with Crippen LogP contribution in [0.2, 0.25) is 5.02 Å². The summed E-state index contributed by atoms with van der Waals surface area (Å²) in [4.78, 5) is 26.7. The van der Waals surface area contributed by atoms with Gasteiger partial charge in [-0.2, -0.15) is 5.26 Å². The number of benzene rings is 1. The molecule has 0 spiro atoms. The molecule has 0 radical (unpaired) electrons. The number of likely N-dealkylation sites (N-methyl/N-ethyl adjacent to an activating group) is 1. The van der Waals surface area contributed by atoms with Crippen molar-refractivity contribution in [3.8, 4) is 23.2 Å². The lowest BCUT2D eigenvalue weighted by Gasteiger charge is -2.42. The van der Waals surface area contributed by atoms with Crippen molar-refractivity contribution in [2.45, 2.75) is 38.1 Å². The van der Waals surface area contributed by atoms with Gasteiger partial charge in [-0.1, -0.05) is 11.6 Å². The topological polar surface area (TPSA) is 94.4 Å². The average molecular weight is 565 g/mol. The fourth-order valence-corrected chi connectivity index (χ4v) is 5.50. The summed E-state index contributed by atoms with van der Waals surface area (Å²) in [6.45, 7) is 5.82. The Morgan fingerprint density at radius 2 is 2.02 bits per heavy atom. The Balaban J connectivity index is 1.69. The highest BCUT2D eigenvalue weighted by molar-refractivity contribution is 6.30. The van der Waals surface area contributed by atoms with Gasteiger partial charge in [0.2, 0.25) is 11.8 Å². The molecule has 1 saturated heterocycles. The van der Waals surface area contributed by atoms with Gasteiger partial charge in [-0.15, -0.1) is 0 Å². The van der Waals surface area contributed by atoms with Crippen molar-refractivity contribution in [1.29, 1.82) is 5.26 Å². The van der Waals surface area contributed by atoms with Gasteiger partial charge in [-0.25, -0.2) is 9.37 Å². The van der Waals surface area contributed by atoms with Crippen molar-refractivity contribution >= 4 is 23.2 Å². The van der Waals surface area contributed by atoms with Gasteiger partial charge in [0.05, 0.1) is 28.8 Å². The maximum Gasteiger partial charge on any atom is 0.231 e. The number of nitrogens with zero attached hydrogens (tertiary/aromatic N) is 5. The quantitative estimate of drug-likeness (QED) is 0.398. The third-order valence-electron chi connectivity index (χ3n) is 7.19. The Bertz CT molecular complexity index is 1400. The number of amides is 1. The van der Waals surface area contributed by atoms with E-state index in [1.165, 1.54) is 6.07 Å². The first kappa shape index (κ1) is 29.2. The molecule has 10 heteroatoms. The van der Waals surface area contributed by atoms with Gasteiger partial charge in [-0.05, 0) is 82.7 Å². The molecular weight excluding hydrogens is 531 g/mol. The van der Waals surface area contributed by atoms with Crippen LogP contribution in [-0.4, -0.2) is 67.2 Å². The van der Waals surface area contributed by atoms with E-state index in [-0.39, 0.29) is 17.6 Å². The second-order valence-corrected chi connectivity index (χ2v) is 10.8. The average Bonchev–Trinajstić information content (AvgIpc) is 2.93. The van der Waals surface area contributed by atoms with E-state index in [4.69, 9.17) is 16.3 Å². The Labute approximate surface area is 239 Å². The van der Waals surface area contributed by atoms with Crippen molar-refractivity contribution in [3.05, 3.63) is 70.8 Å². The fourth-order valence-electron chi connectivity index (χ4n) is 5.33. The van der Waals surface area contributed by atoms with Crippen LogP contribution >= 0.6 is 11.6 Å². The number of rotatable bonds is 9. The number of anilines is 1. The highest BCUT2D eigenvalue weighted by Gasteiger charge is 2.44. The molecular formula is C30H34ClFN6O2. The predicted octanol–water partition coefficient (Wildman–Crippen LogP) is 4.81. The first-order valence-corrected chi connectivity index (χ1v) is 13.7. The minimum atomic E-state index is -1.000. The van der Waals surface area contributed by atoms with Crippen LogP contribution in [0.4, 0.5) is 10.1 Å². The van der Waals surface area contributed by atoms with Gasteiger partial charge in [0.15, 0.2) is 0 Å². The molecule has 40 heavy (non-hydrogen) atoms. The molecule has 3 aromatic rings. The van der Waals surface area contributed by atoms with Crippen LogP contribution in [0, 0.1) is 17.1 Å². The van der Waals surface area contributed by atoms with E-state index in [0.29, 0.717) is 66.7 Å². The second-order valence-electron chi connectivity index (χ2n) is 10.3. The molecule has 1 aromatic carbocycles. The molecule has 1 aliphatic heterocycles. The molecule has 0 saturated carbocycles. The summed E-state index contributed by atoms with van der Waals surface area (Å²) in [5.41, 5.74) is 1.33. The van der Waals surface area contributed by atoms with E-state index in [9.17, 15) is 10.1 Å². The monoisotopic (exact) mass is 564 g/mol. The summed E-state index contributed by atoms with van der Waals surface area (Å²) in [6.07, 6.45) is 4.01. The smallest absolute Gasteiger partial charge is 0.231 e. The third-order valence-corrected chi connectivity index (χ3v) is 7.42. The summed E-state index contributed by atoms with van der Waals surface area (Å²) in [5, 5.41) is 13.3. The number of hydrogen-bond donors (Lipinski definition) is 1. The molecule has 1 N–H and O–H groups in total. The van der Waals surface area contributed by atoms with Crippen molar-refractivity contribution in [2.75, 3.05) is 45.2 Å². The molecule has 1 fully saturated rings. The van der Waals surface area contributed by atoms with Crippen LogP contribution in [0.15, 0.2) is 48.8 Å². The number of halogens is 2. The molecule has 1 atom stereocenters. The number of nitrogens with one attached hydrogen (secondary N) is 1. The minimum Gasteiger partial charge on any atom is -0.477 e. The highest BCUT2D eigenvalue weighted by Crippen LogP contribution is 2.40. The zero-order valence-electron chi connectivity index (χ0n) is 23.2. The van der Waals surface area contributed by atoms with Crippen molar-refractivity contribution in [3.63, 3.8) is 0 Å². The molecule has 0 bridgehead atoms. The van der Waals surface area contributed by atoms with Gasteiger partial charge >= 0.3 is 0 Å². The van der Waals surface area contributed by atoms with Crippen LogP contribution < -0.4 is 15.0 Å². The Hall–Kier alpha value is -3.74. The summed E-state index contributed by atoms with van der Waals surface area (Å²) in [5.74, 6) is -0.408. The van der Waals surface area contributed by atoms with Crippen LogP contribution in [-0.2, 0) is 10.2 Å². The van der Waals surface area contributed by atoms with Crippen molar-refractivity contribution < 1.29 is 13.9 Å². The van der Waals surface area contributed by atoms with Gasteiger partial charge < -0.3 is 19.9 Å². The lowest BCUT2D eigenvalue weighted by atomic mass is 9.72. The predicted molar refractivity (Wildman–Crippen MR) is 154 cm³/mol. The largest absolute Gasteiger partial charge is 0.477 e. The van der Waals surface area contributed by atoms with E-state index in [2.05, 4.69) is 26.3 Å². The highest BCUT2D eigenvalue weighted by atomic mass is 35.5. The molecule has 3 heterocycles. The molecule has 2 aromatic heterocycles. The first-order chi connectivity index (χ1) is 19.2. The lowest BCUT2D eigenvalue weighted by Crippen LogP contribution is -2.54. The van der Waals surface area contributed by atoms with Crippen LogP contribution in [0.1, 0.15) is 37.8 Å². The van der Waals surface area contributed by atoms with Crippen LogP contribution in [0.25, 0.3) is 11.3 Å². The standard InChI is InChI=1S/C30H34ClFN6O2/c1-5-40-28-24(7-6-12-34-28)27-25(32)16-22(18-35-27)30(29(39)36-20(2)19-37(3)4)10-13-38(14-11-30)26-9-8-23(31)15-21(26)17-33/h6-9,12,15-16,18,20H,5,10-11,13-14,19H2,1-4H3,(H,36,39)/t20-/m0/s1. The molecule has 4 rings (SSSR count). The molecule has 1 amide bonds. The summed E-state index contributed by atoms with van der Waals surface area (Å²) in [6, 6.07) is 12.2. The molecule has 0 unspecified atom stereocenters. The number of nitriles is 1. The molecule has 1 aliphatic rings. The number of ether oxygens (including phenoxy) is 1. The molecule has 0 aliphatic carbocycles. The Morgan fingerprint density at radius 1 is 1.27 bits per heavy atom. The van der Waals surface area contributed by atoms with Gasteiger partial charge in [-0.3, -0.25) is 9.78 Å². The zero-order valence-corrected chi connectivity index (χ0v) is 24.0. The summed E-state index contributed by atoms with van der Waals surface area (Å²) in [7, 11) is 3.89. The Kier molecular flexibility index (Phi) is 9.23. The first-order valence-electron chi connectivity index (χ1n) is 13.3. The van der Waals surface area contributed by atoms with Crippen LogP contribution in [0.3, 0.4) is 0 Å². The van der Waals surface area contributed by atoms with Crippen LogP contribution in [0.5, 0.6) is 5.88 Å². The van der Waals surface area contributed by atoms with Crippen molar-refractivity contribution in [2.24, 2.45) is 0 Å². The Morgan fingerprint density at radius 3 is 2.67 bits per heavy atom. The fraction of sp³-hybridized carbons (Fsp3) is 0.400. The van der Waals surface area contributed by atoms with Gasteiger partial charge in [0, 0.05) is 43.1 Å². The maximum atomic E-state index is 15.7. The normalized spacial score (nSPS) is 15.4. The third kappa shape index (κ3) is 6.19. The van der Waals surface area contributed by atoms with Crippen molar-refractivity contribution in [1.82, 2.24) is 20.2 Å². The second kappa shape index (κ2) is 12.6. The van der Waals surface area contributed by atoms with E-state index < -0.39 is 11.2 Å². The molecule has 8 nitrogen and oxygen atoms in total. The van der Waals surface area contributed by atoms with E-state index in [1.807, 2.05) is 38.9 Å². The molecule has 210 valence electrons. The number of carbonyl (C=O) groups excluding carboxylic acids is 1. The van der Waals surface area contributed by atoms with Gasteiger partial charge in [0.25, 0.3) is 0 Å². The lowest BCUT2D eigenvalue weighted by molar-refractivity contribution is -0.128. The number of piperidine rings is 1. The van der Waals surface area contributed by atoms with Gasteiger partial charge in [0.1, 0.15) is 17.6 Å². The number of hydrogen-bond acceptors (Lipinski definition) is 7. The summed E-state index contributed by atoms with van der Waals surface area (Å²) >= 11 is 6.10. The van der Waals surface area contributed by atoms with E-state index >= 15 is 4.39 Å². The number of carbonyl (C=O) groups is 1.